The summed E-state index contributed by atoms with van der Waals surface area (Å²) < 4.78 is 15.7. The van der Waals surface area contributed by atoms with Gasteiger partial charge in [-0.05, 0) is 56.1 Å². The van der Waals surface area contributed by atoms with Crippen molar-refractivity contribution < 1.29 is 9.18 Å². The van der Waals surface area contributed by atoms with Crippen molar-refractivity contribution in [2.75, 3.05) is 13.1 Å². The largest absolute Gasteiger partial charge is 0.340 e. The second-order valence-corrected chi connectivity index (χ2v) is 7.32. The van der Waals surface area contributed by atoms with E-state index in [2.05, 4.69) is 20.9 Å². The fourth-order valence-corrected chi connectivity index (χ4v) is 3.84. The van der Waals surface area contributed by atoms with E-state index >= 15 is 0 Å². The molecule has 3 aromatic rings. The Morgan fingerprint density at radius 1 is 1.13 bits per heavy atom. The third-order valence-electron chi connectivity index (χ3n) is 5.39. The number of nitrogens with zero attached hydrogens (tertiary/aromatic N) is 3. The number of nitrogens with one attached hydrogen (secondary N) is 2. The van der Waals surface area contributed by atoms with E-state index in [9.17, 15) is 9.18 Å². The van der Waals surface area contributed by atoms with Crippen LogP contribution in [-0.2, 0) is 0 Å². The normalized spacial score (nSPS) is 15.3. The van der Waals surface area contributed by atoms with E-state index < -0.39 is 6.04 Å². The number of amides is 1. The Balaban J connectivity index is 0.00000256. The Morgan fingerprint density at radius 3 is 2.53 bits per heavy atom. The molecule has 0 bridgehead atoms. The number of carbonyl (C=O) groups is 1. The number of benzene rings is 2. The summed E-state index contributed by atoms with van der Waals surface area (Å²) in [6.45, 7) is 3.74. The molecule has 2 N–H and O–H groups in total. The molecular weight excluding hydrogens is 405 g/mol. The molecule has 1 amide bonds. The van der Waals surface area contributed by atoms with E-state index in [4.69, 9.17) is 0 Å². The minimum absolute atomic E-state index is 0. The van der Waals surface area contributed by atoms with Crippen molar-refractivity contribution in [3.63, 3.8) is 0 Å². The van der Waals surface area contributed by atoms with Crippen LogP contribution >= 0.6 is 12.4 Å². The lowest BCUT2D eigenvalue weighted by Gasteiger charge is -2.23. The predicted molar refractivity (Wildman–Crippen MR) is 115 cm³/mol. The Labute approximate surface area is 181 Å². The molecule has 6 nitrogen and oxygen atoms in total. The van der Waals surface area contributed by atoms with Crippen molar-refractivity contribution in [2.24, 2.45) is 0 Å². The maximum atomic E-state index is 13.8. The molecule has 30 heavy (non-hydrogen) atoms. The van der Waals surface area contributed by atoms with E-state index in [0.29, 0.717) is 11.3 Å². The zero-order valence-corrected chi connectivity index (χ0v) is 17.5. The van der Waals surface area contributed by atoms with Gasteiger partial charge < -0.3 is 10.6 Å². The quantitative estimate of drug-likeness (QED) is 0.650. The summed E-state index contributed by atoms with van der Waals surface area (Å²) >= 11 is 0. The minimum atomic E-state index is -0.483. The molecule has 0 spiro atoms. The summed E-state index contributed by atoms with van der Waals surface area (Å²) in [4.78, 5) is 13.1. The molecule has 2 heterocycles. The molecule has 158 valence electrons. The average molecular weight is 430 g/mol. The zero-order chi connectivity index (χ0) is 20.2. The number of rotatable bonds is 5. The first kappa shape index (κ1) is 21.9. The fourth-order valence-electron chi connectivity index (χ4n) is 3.84. The van der Waals surface area contributed by atoms with Crippen molar-refractivity contribution in [2.45, 2.75) is 31.8 Å². The van der Waals surface area contributed by atoms with Crippen LogP contribution in [0.1, 0.15) is 52.2 Å². The van der Waals surface area contributed by atoms with Gasteiger partial charge in [-0.25, -0.2) is 9.07 Å². The molecular formula is C22H25ClFN5O. The number of hydrogen-bond donors (Lipinski definition) is 2. The van der Waals surface area contributed by atoms with Crippen molar-refractivity contribution in [1.29, 1.82) is 0 Å². The number of aromatic nitrogens is 3. The molecule has 0 radical (unpaired) electrons. The second-order valence-electron chi connectivity index (χ2n) is 7.32. The van der Waals surface area contributed by atoms with Gasteiger partial charge >= 0.3 is 0 Å². The van der Waals surface area contributed by atoms with Gasteiger partial charge in [0.1, 0.15) is 5.82 Å². The molecule has 0 saturated carbocycles. The first-order valence-electron chi connectivity index (χ1n) is 9.87. The predicted octanol–water partition coefficient (Wildman–Crippen LogP) is 3.59. The van der Waals surface area contributed by atoms with Crippen molar-refractivity contribution in [3.8, 4) is 0 Å². The lowest BCUT2D eigenvalue weighted by molar-refractivity contribution is 0.0937. The Bertz CT molecular complexity index is 988. The first-order chi connectivity index (χ1) is 14.1. The van der Waals surface area contributed by atoms with Crippen LogP contribution in [0.25, 0.3) is 0 Å². The molecule has 1 aliphatic rings. The monoisotopic (exact) mass is 429 g/mol. The highest BCUT2D eigenvalue weighted by Crippen LogP contribution is 2.24. The lowest BCUT2D eigenvalue weighted by atomic mass is 9.98. The number of carbonyl (C=O) groups excluding carboxylic acids is 1. The number of hydrogen-bond acceptors (Lipinski definition) is 4. The second kappa shape index (κ2) is 9.82. The number of piperidine rings is 1. The maximum Gasteiger partial charge on any atom is 0.274 e. The average Bonchev–Trinajstić information content (AvgIpc) is 3.14. The molecule has 1 aliphatic heterocycles. The molecule has 2 aromatic carbocycles. The van der Waals surface area contributed by atoms with E-state index in [1.165, 1.54) is 12.1 Å². The molecule has 1 fully saturated rings. The summed E-state index contributed by atoms with van der Waals surface area (Å²) in [5, 5.41) is 14.7. The SMILES string of the molecule is Cc1c(C(=O)NC(c2ccccc2)c2cccc(F)c2)nnn1C1CCNCC1.Cl. The van der Waals surface area contributed by atoms with Gasteiger partial charge in [0.25, 0.3) is 5.91 Å². The van der Waals surface area contributed by atoms with Gasteiger partial charge in [0.15, 0.2) is 5.69 Å². The first-order valence-corrected chi connectivity index (χ1v) is 9.87. The van der Waals surface area contributed by atoms with Gasteiger partial charge in [0, 0.05) is 0 Å². The third-order valence-corrected chi connectivity index (χ3v) is 5.39. The van der Waals surface area contributed by atoms with Crippen LogP contribution in [0.5, 0.6) is 0 Å². The van der Waals surface area contributed by atoms with E-state index in [0.717, 1.165) is 37.2 Å². The Kier molecular flexibility index (Phi) is 7.18. The summed E-state index contributed by atoms with van der Waals surface area (Å²) in [5.41, 5.74) is 2.60. The molecule has 1 saturated heterocycles. The Morgan fingerprint density at radius 2 is 1.83 bits per heavy atom. The van der Waals surface area contributed by atoms with Crippen molar-refractivity contribution in [1.82, 2.24) is 25.6 Å². The van der Waals surface area contributed by atoms with Crippen LogP contribution in [0, 0.1) is 12.7 Å². The van der Waals surface area contributed by atoms with Crippen molar-refractivity contribution >= 4 is 18.3 Å². The van der Waals surface area contributed by atoms with Crippen LogP contribution in [0.15, 0.2) is 54.6 Å². The van der Waals surface area contributed by atoms with E-state index in [1.54, 1.807) is 12.1 Å². The molecule has 1 aromatic heterocycles. The van der Waals surface area contributed by atoms with Gasteiger partial charge in [-0.1, -0.05) is 47.7 Å². The highest BCUT2D eigenvalue weighted by atomic mass is 35.5. The molecule has 8 heteroatoms. The summed E-state index contributed by atoms with van der Waals surface area (Å²) in [5.74, 6) is -0.661. The van der Waals surface area contributed by atoms with E-state index in [-0.39, 0.29) is 30.2 Å². The standard InChI is InChI=1S/C22H24FN5O.ClH/c1-15-20(26-27-28(15)19-10-12-24-13-11-19)22(29)25-21(16-6-3-2-4-7-16)17-8-5-9-18(23)14-17;/h2-9,14,19,21,24H,10-13H2,1H3,(H,25,29);1H. The van der Waals surface area contributed by atoms with Gasteiger partial charge in [-0.15, -0.1) is 17.5 Å². The molecule has 4 rings (SSSR count). The molecule has 1 unspecified atom stereocenters. The zero-order valence-electron chi connectivity index (χ0n) is 16.7. The molecule has 1 atom stereocenters. The summed E-state index contributed by atoms with van der Waals surface area (Å²) in [7, 11) is 0. The van der Waals surface area contributed by atoms with E-state index in [1.807, 2.05) is 41.9 Å². The van der Waals surface area contributed by atoms with Crippen molar-refractivity contribution in [3.05, 3.63) is 82.9 Å². The maximum absolute atomic E-state index is 13.8. The summed E-state index contributed by atoms with van der Waals surface area (Å²) in [6.07, 6.45) is 1.92. The van der Waals surface area contributed by atoms with Crippen LogP contribution in [0.3, 0.4) is 0 Å². The summed E-state index contributed by atoms with van der Waals surface area (Å²) in [6, 6.07) is 15.6. The highest BCUT2D eigenvalue weighted by molar-refractivity contribution is 5.93. The smallest absolute Gasteiger partial charge is 0.274 e. The van der Waals surface area contributed by atoms with Gasteiger partial charge in [-0.3, -0.25) is 4.79 Å². The van der Waals surface area contributed by atoms with Gasteiger partial charge in [0.2, 0.25) is 0 Å². The topological polar surface area (TPSA) is 71.8 Å². The van der Waals surface area contributed by atoms with Crippen LogP contribution in [-0.4, -0.2) is 34.0 Å². The fraction of sp³-hybridized carbons (Fsp3) is 0.318. The van der Waals surface area contributed by atoms with Gasteiger partial charge in [-0.2, -0.15) is 0 Å². The van der Waals surface area contributed by atoms with Gasteiger partial charge in [0.05, 0.1) is 17.8 Å². The molecule has 0 aliphatic carbocycles. The minimum Gasteiger partial charge on any atom is -0.340 e. The number of halogens is 2. The van der Waals surface area contributed by atoms with Crippen LogP contribution in [0.2, 0.25) is 0 Å². The highest BCUT2D eigenvalue weighted by Gasteiger charge is 2.25. The third kappa shape index (κ3) is 4.68. The lowest BCUT2D eigenvalue weighted by Crippen LogP contribution is -2.31. The Hall–Kier alpha value is -2.77. The van der Waals surface area contributed by atoms with Crippen LogP contribution < -0.4 is 10.6 Å². The van der Waals surface area contributed by atoms with Crippen LogP contribution in [0.4, 0.5) is 4.39 Å².